The number of nitrogens with zero attached hydrogens (tertiary/aromatic N) is 2. The van der Waals surface area contributed by atoms with Crippen molar-refractivity contribution in [2.24, 2.45) is 5.92 Å². The second kappa shape index (κ2) is 8.41. The smallest absolute Gasteiger partial charge is 0.224 e. The summed E-state index contributed by atoms with van der Waals surface area (Å²) < 4.78 is 13.6. The van der Waals surface area contributed by atoms with E-state index in [0.29, 0.717) is 24.6 Å². The third-order valence-electron chi connectivity index (χ3n) is 4.66. The first-order valence-electron chi connectivity index (χ1n) is 8.33. The van der Waals surface area contributed by atoms with Crippen molar-refractivity contribution in [1.29, 1.82) is 0 Å². The largest absolute Gasteiger partial charge is 0.355 e. The molecule has 0 unspecified atom stereocenters. The molecule has 4 nitrogen and oxygen atoms in total. The minimum atomic E-state index is -0.204. The van der Waals surface area contributed by atoms with Crippen molar-refractivity contribution < 1.29 is 9.18 Å². The Balaban J connectivity index is 1.82. The van der Waals surface area contributed by atoms with E-state index in [0.717, 1.165) is 25.9 Å². The van der Waals surface area contributed by atoms with Crippen LogP contribution >= 0.6 is 0 Å². The molecular formula is C18H28FN3O. The maximum Gasteiger partial charge on any atom is 0.224 e. The Kier molecular flexibility index (Phi) is 6.54. The van der Waals surface area contributed by atoms with Crippen LogP contribution < -0.4 is 5.32 Å². The van der Waals surface area contributed by atoms with Crippen molar-refractivity contribution in [2.45, 2.75) is 25.3 Å². The summed E-state index contributed by atoms with van der Waals surface area (Å²) in [5, 5.41) is 2.97. The molecule has 1 aliphatic rings. The highest BCUT2D eigenvalue weighted by Gasteiger charge is 2.27. The summed E-state index contributed by atoms with van der Waals surface area (Å²) in [6.45, 7) is 2.26. The minimum absolute atomic E-state index is 0.0190. The molecule has 0 radical (unpaired) electrons. The number of hydrogen-bond donors (Lipinski definition) is 1. The van der Waals surface area contributed by atoms with Gasteiger partial charge in [0, 0.05) is 25.7 Å². The fraction of sp³-hybridized carbons (Fsp3) is 0.611. The number of nitrogens with one attached hydrogen (secondary N) is 1. The summed E-state index contributed by atoms with van der Waals surface area (Å²) in [4.78, 5) is 16.9. The third-order valence-corrected chi connectivity index (χ3v) is 4.66. The van der Waals surface area contributed by atoms with E-state index in [4.69, 9.17) is 0 Å². The van der Waals surface area contributed by atoms with Crippen molar-refractivity contribution in [2.75, 3.05) is 40.8 Å². The molecule has 0 aliphatic carbocycles. The second-order valence-corrected chi connectivity index (χ2v) is 6.75. The third kappa shape index (κ3) is 5.29. The topological polar surface area (TPSA) is 35.6 Å². The predicted molar refractivity (Wildman–Crippen MR) is 90.8 cm³/mol. The predicted octanol–water partition coefficient (Wildman–Crippen LogP) is 1.76. The van der Waals surface area contributed by atoms with Gasteiger partial charge in [-0.3, -0.25) is 4.79 Å². The van der Waals surface area contributed by atoms with Gasteiger partial charge in [0.15, 0.2) is 0 Å². The zero-order valence-corrected chi connectivity index (χ0v) is 14.4. The monoisotopic (exact) mass is 321 g/mol. The fourth-order valence-corrected chi connectivity index (χ4v) is 3.19. The molecule has 128 valence electrons. The van der Waals surface area contributed by atoms with Gasteiger partial charge in [-0.15, -0.1) is 0 Å². The highest BCUT2D eigenvalue weighted by atomic mass is 19.1. The Morgan fingerprint density at radius 3 is 2.74 bits per heavy atom. The number of rotatable bonds is 5. The maximum absolute atomic E-state index is 13.6. The van der Waals surface area contributed by atoms with Crippen LogP contribution in [0.25, 0.3) is 0 Å². The summed E-state index contributed by atoms with van der Waals surface area (Å²) in [7, 11) is 6.25. The molecule has 5 heteroatoms. The lowest BCUT2D eigenvalue weighted by molar-refractivity contribution is -0.125. The molecule has 1 saturated heterocycles. The van der Waals surface area contributed by atoms with Gasteiger partial charge in [0.25, 0.3) is 0 Å². The van der Waals surface area contributed by atoms with Crippen molar-refractivity contribution in [1.82, 2.24) is 15.1 Å². The van der Waals surface area contributed by atoms with Crippen LogP contribution in [0.4, 0.5) is 4.39 Å². The molecule has 0 aromatic heterocycles. The van der Waals surface area contributed by atoms with Gasteiger partial charge < -0.3 is 15.1 Å². The number of hydrogen-bond acceptors (Lipinski definition) is 3. The van der Waals surface area contributed by atoms with Crippen LogP contribution in [0, 0.1) is 11.7 Å². The highest BCUT2D eigenvalue weighted by molar-refractivity contribution is 5.78. The maximum atomic E-state index is 13.6. The quantitative estimate of drug-likeness (QED) is 0.897. The van der Waals surface area contributed by atoms with Gasteiger partial charge in [-0.05, 0) is 52.0 Å². The van der Waals surface area contributed by atoms with Gasteiger partial charge in [-0.2, -0.15) is 0 Å². The van der Waals surface area contributed by atoms with E-state index in [-0.39, 0.29) is 17.6 Å². The molecule has 2 rings (SSSR count). The van der Waals surface area contributed by atoms with E-state index in [2.05, 4.69) is 36.3 Å². The summed E-state index contributed by atoms with van der Waals surface area (Å²) in [5.41, 5.74) is 0.651. The number of carbonyl (C=O) groups excluding carboxylic acids is 1. The lowest BCUT2D eigenvalue weighted by Gasteiger charge is -2.25. The summed E-state index contributed by atoms with van der Waals surface area (Å²) >= 11 is 0. The van der Waals surface area contributed by atoms with Gasteiger partial charge in [-0.25, -0.2) is 4.39 Å². The Hall–Kier alpha value is -1.46. The molecule has 1 N–H and O–H groups in total. The lowest BCUT2D eigenvalue weighted by Crippen LogP contribution is -2.39. The molecule has 0 bridgehead atoms. The Morgan fingerprint density at radius 1 is 1.30 bits per heavy atom. The molecule has 1 aliphatic heterocycles. The molecule has 2 atom stereocenters. The van der Waals surface area contributed by atoms with Crippen LogP contribution in [0.15, 0.2) is 24.3 Å². The van der Waals surface area contributed by atoms with Crippen LogP contribution in [0.3, 0.4) is 0 Å². The molecule has 23 heavy (non-hydrogen) atoms. The fourth-order valence-electron chi connectivity index (χ4n) is 3.19. The SMILES string of the molecule is CN1C[C@H](C(=O)NCCc2ccccc2F)CC[C@H](N(C)C)C1. The van der Waals surface area contributed by atoms with Crippen molar-refractivity contribution in [3.05, 3.63) is 35.6 Å². The van der Waals surface area contributed by atoms with Gasteiger partial charge >= 0.3 is 0 Å². The lowest BCUT2D eigenvalue weighted by atomic mass is 10.0. The van der Waals surface area contributed by atoms with Crippen molar-refractivity contribution in [3.8, 4) is 0 Å². The number of halogens is 1. The number of likely N-dealkylation sites (N-methyl/N-ethyl adjacent to an activating group) is 2. The first-order valence-corrected chi connectivity index (χ1v) is 8.33. The standard InChI is InChI=1S/C18H28FN3O/c1-21(2)16-9-8-15(12-22(3)13-16)18(23)20-11-10-14-6-4-5-7-17(14)19/h4-7,15-16H,8-13H2,1-3H3,(H,20,23)/t15-,16+/m1/s1. The second-order valence-electron chi connectivity index (χ2n) is 6.75. The zero-order chi connectivity index (χ0) is 16.8. The molecule has 1 aromatic rings. The molecule has 0 saturated carbocycles. The van der Waals surface area contributed by atoms with Crippen molar-refractivity contribution >= 4 is 5.91 Å². The number of carbonyl (C=O) groups is 1. The van der Waals surface area contributed by atoms with E-state index < -0.39 is 0 Å². The molecule has 1 heterocycles. The van der Waals surface area contributed by atoms with Crippen LogP contribution in [-0.2, 0) is 11.2 Å². The average molecular weight is 321 g/mol. The first kappa shape index (κ1) is 17.9. The molecule has 0 spiro atoms. The first-order chi connectivity index (χ1) is 11.0. The van der Waals surface area contributed by atoms with Gasteiger partial charge in [0.05, 0.1) is 5.92 Å². The molecule has 1 amide bonds. The summed E-state index contributed by atoms with van der Waals surface area (Å²) in [6, 6.07) is 7.22. The van der Waals surface area contributed by atoms with Crippen LogP contribution in [0.5, 0.6) is 0 Å². The van der Waals surface area contributed by atoms with E-state index in [9.17, 15) is 9.18 Å². The number of benzene rings is 1. The van der Waals surface area contributed by atoms with Crippen LogP contribution in [0.2, 0.25) is 0 Å². The molecule has 1 aromatic carbocycles. The van der Waals surface area contributed by atoms with Gasteiger partial charge in [-0.1, -0.05) is 18.2 Å². The van der Waals surface area contributed by atoms with E-state index in [1.807, 2.05) is 6.07 Å². The van der Waals surface area contributed by atoms with E-state index in [1.54, 1.807) is 12.1 Å². The summed E-state index contributed by atoms with van der Waals surface area (Å²) in [6.07, 6.45) is 2.46. The minimum Gasteiger partial charge on any atom is -0.355 e. The molecule has 1 fully saturated rings. The van der Waals surface area contributed by atoms with Crippen LogP contribution in [-0.4, -0.2) is 62.5 Å². The summed E-state index contributed by atoms with van der Waals surface area (Å²) in [5.74, 6) is -0.0945. The molecular weight excluding hydrogens is 293 g/mol. The number of amides is 1. The van der Waals surface area contributed by atoms with Gasteiger partial charge in [0.1, 0.15) is 5.82 Å². The van der Waals surface area contributed by atoms with E-state index >= 15 is 0 Å². The zero-order valence-electron chi connectivity index (χ0n) is 14.4. The van der Waals surface area contributed by atoms with E-state index in [1.165, 1.54) is 6.07 Å². The van der Waals surface area contributed by atoms with Crippen molar-refractivity contribution in [3.63, 3.8) is 0 Å². The normalized spacial score (nSPS) is 22.8. The highest BCUT2D eigenvalue weighted by Crippen LogP contribution is 2.18. The van der Waals surface area contributed by atoms with Gasteiger partial charge in [0.2, 0.25) is 5.91 Å². The Labute approximate surface area is 138 Å². The number of likely N-dealkylation sites (tertiary alicyclic amines) is 1. The Bertz CT molecular complexity index is 521. The van der Waals surface area contributed by atoms with Crippen LogP contribution in [0.1, 0.15) is 18.4 Å². The Morgan fingerprint density at radius 2 is 2.04 bits per heavy atom. The average Bonchev–Trinajstić information content (AvgIpc) is 2.71.